The zero-order valence-electron chi connectivity index (χ0n) is 13.4. The first-order valence-corrected chi connectivity index (χ1v) is 11.4. The fourth-order valence-corrected chi connectivity index (χ4v) is 6.38. The molecule has 3 rings (SSSR count). The Morgan fingerprint density at radius 2 is 2.12 bits per heavy atom. The molecular formula is C17H20N2O2S3. The molecule has 1 heterocycles. The van der Waals surface area contributed by atoms with E-state index in [0.717, 1.165) is 17.0 Å². The maximum absolute atomic E-state index is 12.2. The van der Waals surface area contributed by atoms with Gasteiger partial charge in [0.1, 0.15) is 4.71 Å². The van der Waals surface area contributed by atoms with Crippen LogP contribution < -0.4 is 4.72 Å². The highest BCUT2D eigenvalue weighted by molar-refractivity contribution is 8.18. The molecular weight excluding hydrogens is 360 g/mol. The summed E-state index contributed by atoms with van der Waals surface area (Å²) >= 11 is 3.53. The standard InChI is InChI=1S/C17H20N2O2S3/c1-13-7-2-3-8-14(13)19-24(20,21)12-6-11-22-17-18-15-9-4-5-10-16(15)23-17/h2-5,7-10,16-17,19H,6,11-12H2,1H3. The summed E-state index contributed by atoms with van der Waals surface area (Å²) < 4.78 is 27.2. The number of nitrogens with one attached hydrogen (secondary N) is 1. The molecule has 2 atom stereocenters. The van der Waals surface area contributed by atoms with Crippen molar-refractivity contribution in [3.8, 4) is 0 Å². The summed E-state index contributed by atoms with van der Waals surface area (Å²) in [7, 11) is -3.30. The van der Waals surface area contributed by atoms with Gasteiger partial charge in [-0.25, -0.2) is 8.42 Å². The van der Waals surface area contributed by atoms with Gasteiger partial charge in [-0.3, -0.25) is 9.71 Å². The highest BCUT2D eigenvalue weighted by Gasteiger charge is 2.26. The number of anilines is 1. The SMILES string of the molecule is Cc1ccccc1NS(=O)(=O)CCCSC1N=C2C=CC=CC2S1. The lowest BCUT2D eigenvalue weighted by Crippen LogP contribution is -2.17. The van der Waals surface area contributed by atoms with Gasteiger partial charge in [0, 0.05) is 0 Å². The normalized spacial score (nSPS) is 22.3. The topological polar surface area (TPSA) is 58.5 Å². The number of benzene rings is 1. The number of thioether (sulfide) groups is 2. The molecule has 2 aliphatic rings. The number of hydrogen-bond donors (Lipinski definition) is 1. The fraction of sp³-hybridized carbons (Fsp3) is 0.353. The molecule has 4 nitrogen and oxygen atoms in total. The molecule has 128 valence electrons. The Morgan fingerprint density at radius 3 is 2.92 bits per heavy atom. The summed E-state index contributed by atoms with van der Waals surface area (Å²) in [5.74, 6) is 0.912. The Morgan fingerprint density at radius 1 is 1.29 bits per heavy atom. The number of nitrogens with zero attached hydrogens (tertiary/aromatic N) is 1. The van der Waals surface area contributed by atoms with Crippen LogP contribution in [0.15, 0.2) is 53.6 Å². The van der Waals surface area contributed by atoms with E-state index in [1.54, 1.807) is 17.8 Å². The highest BCUT2D eigenvalue weighted by atomic mass is 32.2. The monoisotopic (exact) mass is 380 g/mol. The minimum Gasteiger partial charge on any atom is -0.283 e. The Balaban J connectivity index is 1.43. The molecule has 24 heavy (non-hydrogen) atoms. The lowest BCUT2D eigenvalue weighted by molar-refractivity contribution is 0.600. The summed E-state index contributed by atoms with van der Waals surface area (Å²) in [5.41, 5.74) is 2.71. The molecule has 0 aromatic heterocycles. The van der Waals surface area contributed by atoms with Crippen LogP contribution in [0, 0.1) is 6.92 Å². The van der Waals surface area contributed by atoms with Crippen LogP contribution in [-0.2, 0) is 10.0 Å². The summed E-state index contributed by atoms with van der Waals surface area (Å²) in [4.78, 5) is 4.66. The van der Waals surface area contributed by atoms with E-state index in [9.17, 15) is 8.42 Å². The van der Waals surface area contributed by atoms with E-state index in [1.807, 2.05) is 49.0 Å². The molecule has 7 heteroatoms. The summed E-state index contributed by atoms with van der Waals surface area (Å²) in [6.45, 7) is 1.90. The zero-order chi connectivity index (χ0) is 17.0. The zero-order valence-corrected chi connectivity index (χ0v) is 15.8. The molecule has 1 aromatic rings. The third-order valence-corrected chi connectivity index (χ3v) is 7.75. The quantitative estimate of drug-likeness (QED) is 0.731. The summed E-state index contributed by atoms with van der Waals surface area (Å²) in [6.07, 6.45) is 8.87. The molecule has 2 unspecified atom stereocenters. The van der Waals surface area contributed by atoms with Crippen LogP contribution in [0.25, 0.3) is 0 Å². The van der Waals surface area contributed by atoms with Gasteiger partial charge in [-0.2, -0.15) is 0 Å². The van der Waals surface area contributed by atoms with E-state index >= 15 is 0 Å². The van der Waals surface area contributed by atoms with Crippen molar-refractivity contribution in [1.29, 1.82) is 0 Å². The number of aliphatic imine (C=N–C) groups is 1. The first-order chi connectivity index (χ1) is 11.5. The lowest BCUT2D eigenvalue weighted by atomic mass is 10.1. The number of rotatable bonds is 7. The molecule has 1 N–H and O–H groups in total. The minimum atomic E-state index is -3.30. The van der Waals surface area contributed by atoms with Gasteiger partial charge in [0.2, 0.25) is 10.0 Å². The van der Waals surface area contributed by atoms with E-state index < -0.39 is 10.0 Å². The average Bonchev–Trinajstić information content (AvgIpc) is 2.96. The van der Waals surface area contributed by atoms with Crippen molar-refractivity contribution in [3.05, 3.63) is 54.1 Å². The Labute approximate surface area is 152 Å². The van der Waals surface area contributed by atoms with Gasteiger partial charge in [0.25, 0.3) is 0 Å². The first-order valence-electron chi connectivity index (χ1n) is 7.79. The Bertz CT molecular complexity index is 785. The van der Waals surface area contributed by atoms with Gasteiger partial charge < -0.3 is 0 Å². The number of sulfonamides is 1. The van der Waals surface area contributed by atoms with Crippen LogP contribution in [0.4, 0.5) is 5.69 Å². The summed E-state index contributed by atoms with van der Waals surface area (Å²) in [5, 5.41) is 0.360. The number of aryl methyl sites for hydroxylation is 1. The summed E-state index contributed by atoms with van der Waals surface area (Å²) in [6, 6.07) is 7.41. The van der Waals surface area contributed by atoms with Crippen LogP contribution in [0.5, 0.6) is 0 Å². The maximum Gasteiger partial charge on any atom is 0.232 e. The molecule has 0 saturated carbocycles. The molecule has 0 amide bonds. The van der Waals surface area contributed by atoms with Gasteiger partial charge in [-0.05, 0) is 36.8 Å². The van der Waals surface area contributed by atoms with Crippen LogP contribution in [0.2, 0.25) is 0 Å². The van der Waals surface area contributed by atoms with Crippen LogP contribution >= 0.6 is 23.5 Å². The third kappa shape index (κ3) is 4.68. The molecule has 1 aliphatic carbocycles. The van der Waals surface area contributed by atoms with Crippen molar-refractivity contribution in [2.75, 3.05) is 16.2 Å². The molecule has 1 aliphatic heterocycles. The number of allylic oxidation sites excluding steroid dienone is 3. The molecule has 0 spiro atoms. The van der Waals surface area contributed by atoms with E-state index in [2.05, 4.69) is 21.9 Å². The van der Waals surface area contributed by atoms with Crippen molar-refractivity contribution >= 4 is 44.9 Å². The van der Waals surface area contributed by atoms with Gasteiger partial charge in [-0.15, -0.1) is 23.5 Å². The molecule has 0 bridgehead atoms. The van der Waals surface area contributed by atoms with Crippen molar-refractivity contribution in [1.82, 2.24) is 0 Å². The van der Waals surface area contributed by atoms with Crippen molar-refractivity contribution in [2.24, 2.45) is 4.99 Å². The third-order valence-electron chi connectivity index (χ3n) is 3.70. The molecule has 0 saturated heterocycles. The fourth-order valence-electron chi connectivity index (χ4n) is 2.44. The van der Waals surface area contributed by atoms with E-state index in [0.29, 0.717) is 17.4 Å². The molecule has 0 radical (unpaired) electrons. The van der Waals surface area contributed by atoms with Crippen molar-refractivity contribution in [3.63, 3.8) is 0 Å². The molecule has 0 fully saturated rings. The number of hydrogen-bond acceptors (Lipinski definition) is 5. The lowest BCUT2D eigenvalue weighted by Gasteiger charge is -2.11. The van der Waals surface area contributed by atoms with Gasteiger partial charge in [-0.1, -0.05) is 36.4 Å². The second kappa shape index (κ2) is 7.80. The predicted octanol–water partition coefficient (Wildman–Crippen LogP) is 3.83. The van der Waals surface area contributed by atoms with Gasteiger partial charge in [0.15, 0.2) is 0 Å². The minimum absolute atomic E-state index is 0.130. The first kappa shape index (κ1) is 17.6. The smallest absolute Gasteiger partial charge is 0.232 e. The van der Waals surface area contributed by atoms with E-state index in [-0.39, 0.29) is 10.5 Å². The highest BCUT2D eigenvalue weighted by Crippen LogP contribution is 2.37. The van der Waals surface area contributed by atoms with E-state index in [4.69, 9.17) is 0 Å². The van der Waals surface area contributed by atoms with Crippen molar-refractivity contribution in [2.45, 2.75) is 23.3 Å². The predicted molar refractivity (Wildman–Crippen MR) is 107 cm³/mol. The van der Waals surface area contributed by atoms with Gasteiger partial charge >= 0.3 is 0 Å². The van der Waals surface area contributed by atoms with Crippen LogP contribution in [0.1, 0.15) is 12.0 Å². The maximum atomic E-state index is 12.2. The van der Waals surface area contributed by atoms with Crippen LogP contribution in [0.3, 0.4) is 0 Å². The Kier molecular flexibility index (Phi) is 5.73. The molecule has 1 aromatic carbocycles. The second-order valence-corrected chi connectivity index (χ2v) is 10.2. The Hall–Kier alpha value is -1.18. The largest absolute Gasteiger partial charge is 0.283 e. The van der Waals surface area contributed by atoms with E-state index in [1.165, 1.54) is 0 Å². The number of fused-ring (bicyclic) bond motifs is 1. The average molecular weight is 381 g/mol. The van der Waals surface area contributed by atoms with Crippen LogP contribution in [-0.4, -0.2) is 35.6 Å². The second-order valence-electron chi connectivity index (χ2n) is 5.62. The van der Waals surface area contributed by atoms with Crippen molar-refractivity contribution < 1.29 is 8.42 Å². The number of para-hydroxylation sites is 1. The van der Waals surface area contributed by atoms with Gasteiger partial charge in [0.05, 0.1) is 22.4 Å².